The fourth-order valence-corrected chi connectivity index (χ4v) is 1.98. The Morgan fingerprint density at radius 3 is 2.42 bits per heavy atom. The Balaban J connectivity index is 2.17. The molecule has 0 aliphatic carbocycles. The summed E-state index contributed by atoms with van der Waals surface area (Å²) >= 11 is 0. The van der Waals surface area contributed by atoms with Crippen LogP contribution in [0.4, 0.5) is 5.69 Å². The molecule has 0 atom stereocenters. The number of aromatic nitrogens is 2. The second kappa shape index (κ2) is 4.78. The van der Waals surface area contributed by atoms with E-state index in [0.29, 0.717) is 6.54 Å². The lowest BCUT2D eigenvalue weighted by molar-refractivity contribution is -0.384. The molecule has 1 aromatic carbocycles. The van der Waals surface area contributed by atoms with E-state index in [1.807, 2.05) is 0 Å². The molecule has 19 heavy (non-hydrogen) atoms. The third kappa shape index (κ3) is 3.14. The van der Waals surface area contributed by atoms with E-state index in [-0.39, 0.29) is 10.7 Å². The van der Waals surface area contributed by atoms with Gasteiger partial charge in [0.25, 0.3) is 15.7 Å². The summed E-state index contributed by atoms with van der Waals surface area (Å²) in [6, 6.07) is 5.95. The van der Waals surface area contributed by atoms with Gasteiger partial charge in [0.05, 0.1) is 11.3 Å². The molecule has 0 aliphatic heterocycles. The molecule has 8 nitrogen and oxygen atoms in total. The van der Waals surface area contributed by atoms with Gasteiger partial charge in [0.2, 0.25) is 0 Å². The van der Waals surface area contributed by atoms with Gasteiger partial charge < -0.3 is 4.57 Å². The highest BCUT2D eigenvalue weighted by Gasteiger charge is 2.11. The molecule has 0 radical (unpaired) electrons. The summed E-state index contributed by atoms with van der Waals surface area (Å²) in [7, 11) is -3.81. The molecule has 0 saturated heterocycles. The fraction of sp³-hybridized carbons (Fsp3) is 0.100. The molecule has 2 rings (SSSR count). The zero-order chi connectivity index (χ0) is 14.0. The Bertz CT molecular complexity index is 705. The molecular formula is C10H10N4O4S. The molecule has 2 N–H and O–H groups in total. The van der Waals surface area contributed by atoms with E-state index in [4.69, 9.17) is 5.14 Å². The zero-order valence-corrected chi connectivity index (χ0v) is 10.4. The number of nitrogens with zero attached hydrogens (tertiary/aromatic N) is 3. The number of nitro benzene ring substituents is 1. The average molecular weight is 282 g/mol. The second-order valence-corrected chi connectivity index (χ2v) is 5.36. The minimum Gasteiger partial charge on any atom is -0.332 e. The van der Waals surface area contributed by atoms with Crippen LogP contribution in [0.15, 0.2) is 41.8 Å². The zero-order valence-electron chi connectivity index (χ0n) is 9.63. The van der Waals surface area contributed by atoms with Crippen LogP contribution >= 0.6 is 0 Å². The third-order valence-electron chi connectivity index (χ3n) is 2.41. The standard InChI is InChI=1S/C10H10N4O4S/c11-19(17,18)10-6-13(7-12-10)5-8-1-3-9(4-2-8)14(15)16/h1-4,6-7H,5H2,(H2,11,17,18). The molecule has 0 unspecified atom stereocenters. The summed E-state index contributed by atoms with van der Waals surface area (Å²) in [5.41, 5.74) is 0.781. The molecule has 0 fully saturated rings. The Morgan fingerprint density at radius 1 is 1.32 bits per heavy atom. The van der Waals surface area contributed by atoms with Crippen molar-refractivity contribution in [2.24, 2.45) is 5.14 Å². The van der Waals surface area contributed by atoms with Crippen LogP contribution < -0.4 is 5.14 Å². The average Bonchev–Trinajstić information content (AvgIpc) is 2.78. The molecule has 2 aromatic rings. The number of nitro groups is 1. The van der Waals surface area contributed by atoms with Crippen molar-refractivity contribution < 1.29 is 13.3 Å². The Morgan fingerprint density at radius 2 is 1.95 bits per heavy atom. The number of sulfonamides is 1. The van der Waals surface area contributed by atoms with Gasteiger partial charge in [-0.15, -0.1) is 0 Å². The highest BCUT2D eigenvalue weighted by Crippen LogP contribution is 2.13. The van der Waals surface area contributed by atoms with Gasteiger partial charge in [-0.2, -0.15) is 0 Å². The van der Waals surface area contributed by atoms with E-state index in [1.165, 1.54) is 29.2 Å². The monoisotopic (exact) mass is 282 g/mol. The first-order valence-corrected chi connectivity index (χ1v) is 6.69. The third-order valence-corrected chi connectivity index (χ3v) is 3.21. The summed E-state index contributed by atoms with van der Waals surface area (Å²) in [6.07, 6.45) is 2.64. The van der Waals surface area contributed by atoms with Crippen molar-refractivity contribution in [3.05, 3.63) is 52.5 Å². The Labute approximate surface area is 108 Å². The van der Waals surface area contributed by atoms with Gasteiger partial charge in [0, 0.05) is 24.9 Å². The van der Waals surface area contributed by atoms with Gasteiger partial charge >= 0.3 is 0 Å². The van der Waals surface area contributed by atoms with Crippen LogP contribution in [0.1, 0.15) is 5.56 Å². The maximum Gasteiger partial charge on any atom is 0.269 e. The van der Waals surface area contributed by atoms with E-state index in [2.05, 4.69) is 4.98 Å². The first-order valence-electron chi connectivity index (χ1n) is 5.14. The lowest BCUT2D eigenvalue weighted by atomic mass is 10.2. The predicted molar refractivity (Wildman–Crippen MR) is 65.8 cm³/mol. The molecule has 9 heteroatoms. The van der Waals surface area contributed by atoms with E-state index in [1.54, 1.807) is 12.1 Å². The number of imidazole rings is 1. The summed E-state index contributed by atoms with van der Waals surface area (Å²) in [5, 5.41) is 15.2. The first kappa shape index (κ1) is 13.2. The van der Waals surface area contributed by atoms with Crippen molar-refractivity contribution in [2.45, 2.75) is 11.6 Å². The number of non-ortho nitro benzene ring substituents is 1. The summed E-state index contributed by atoms with van der Waals surface area (Å²) in [4.78, 5) is 13.7. The van der Waals surface area contributed by atoms with E-state index >= 15 is 0 Å². The molecule has 0 amide bonds. The topological polar surface area (TPSA) is 121 Å². The van der Waals surface area contributed by atoms with Gasteiger partial charge in [-0.1, -0.05) is 12.1 Å². The Kier molecular flexibility index (Phi) is 3.32. The van der Waals surface area contributed by atoms with Crippen LogP contribution in [-0.4, -0.2) is 22.9 Å². The molecule has 1 aromatic heterocycles. The highest BCUT2D eigenvalue weighted by atomic mass is 32.2. The Hall–Kier alpha value is -2.26. The van der Waals surface area contributed by atoms with Crippen molar-refractivity contribution in [2.75, 3.05) is 0 Å². The fourth-order valence-electron chi connectivity index (χ4n) is 1.51. The normalized spacial score (nSPS) is 11.4. The number of rotatable bonds is 4. The van der Waals surface area contributed by atoms with Crippen LogP contribution in [0.5, 0.6) is 0 Å². The minimum absolute atomic E-state index is 0.000365. The molecular weight excluding hydrogens is 272 g/mol. The second-order valence-electron chi connectivity index (χ2n) is 3.85. The number of primary sulfonamides is 1. The summed E-state index contributed by atoms with van der Waals surface area (Å²) < 4.78 is 23.6. The molecule has 100 valence electrons. The van der Waals surface area contributed by atoms with Crippen molar-refractivity contribution in [1.82, 2.24) is 9.55 Å². The van der Waals surface area contributed by atoms with Crippen molar-refractivity contribution >= 4 is 15.7 Å². The van der Waals surface area contributed by atoms with Crippen molar-refractivity contribution in [1.29, 1.82) is 0 Å². The highest BCUT2D eigenvalue weighted by molar-refractivity contribution is 7.89. The van der Waals surface area contributed by atoms with Crippen LogP contribution in [0.3, 0.4) is 0 Å². The number of hydrogen-bond acceptors (Lipinski definition) is 5. The van der Waals surface area contributed by atoms with E-state index in [0.717, 1.165) is 5.56 Å². The lowest BCUT2D eigenvalue weighted by Gasteiger charge is -2.01. The van der Waals surface area contributed by atoms with Gasteiger partial charge in [-0.3, -0.25) is 10.1 Å². The molecule has 1 heterocycles. The van der Waals surface area contributed by atoms with Crippen LogP contribution in [0.25, 0.3) is 0 Å². The molecule has 0 bridgehead atoms. The summed E-state index contributed by atoms with van der Waals surface area (Å²) in [6.45, 7) is 0.348. The number of benzene rings is 1. The molecule has 0 spiro atoms. The van der Waals surface area contributed by atoms with Gasteiger partial charge in [-0.05, 0) is 5.56 Å². The van der Waals surface area contributed by atoms with Crippen molar-refractivity contribution in [3.63, 3.8) is 0 Å². The van der Waals surface area contributed by atoms with Crippen molar-refractivity contribution in [3.8, 4) is 0 Å². The summed E-state index contributed by atoms with van der Waals surface area (Å²) in [5.74, 6) is 0. The van der Waals surface area contributed by atoms with Gasteiger partial charge in [0.15, 0.2) is 5.03 Å². The predicted octanol–water partition coefficient (Wildman–Crippen LogP) is 0.487. The lowest BCUT2D eigenvalue weighted by Crippen LogP contribution is -2.12. The van der Waals surface area contributed by atoms with E-state index in [9.17, 15) is 18.5 Å². The molecule has 0 aliphatic rings. The minimum atomic E-state index is -3.81. The van der Waals surface area contributed by atoms with E-state index < -0.39 is 14.9 Å². The maximum absolute atomic E-state index is 11.0. The maximum atomic E-state index is 11.0. The quantitative estimate of drug-likeness (QED) is 0.646. The van der Waals surface area contributed by atoms with Gasteiger partial charge in [-0.25, -0.2) is 18.5 Å². The smallest absolute Gasteiger partial charge is 0.269 e. The van der Waals surface area contributed by atoms with Crippen LogP contribution in [0, 0.1) is 10.1 Å². The largest absolute Gasteiger partial charge is 0.332 e. The SMILES string of the molecule is NS(=O)(=O)c1cn(Cc2ccc([N+](=O)[O-])cc2)cn1. The van der Waals surface area contributed by atoms with Gasteiger partial charge in [0.1, 0.15) is 0 Å². The molecule has 0 saturated carbocycles. The van der Waals surface area contributed by atoms with Crippen LogP contribution in [-0.2, 0) is 16.6 Å². The number of nitrogens with two attached hydrogens (primary N) is 1. The van der Waals surface area contributed by atoms with Crippen LogP contribution in [0.2, 0.25) is 0 Å². The first-order chi connectivity index (χ1) is 8.86. The number of hydrogen-bond donors (Lipinski definition) is 1.